The molecule has 0 heterocycles. The second kappa shape index (κ2) is 7.55. The Kier molecular flexibility index (Phi) is 5.48. The summed E-state index contributed by atoms with van der Waals surface area (Å²) in [6.45, 7) is 3.97. The first-order chi connectivity index (χ1) is 10.6. The largest absolute Gasteiger partial charge is 0.465 e. The topological polar surface area (TPSA) is 43.4 Å². The Bertz CT molecular complexity index is 629. The minimum absolute atomic E-state index is 0.192. The fraction of sp³-hybridized carbons (Fsp3) is 0.263. The van der Waals surface area contributed by atoms with Gasteiger partial charge in [-0.25, -0.2) is 0 Å². The number of benzene rings is 2. The normalized spacial score (nSPS) is 11.7. The van der Waals surface area contributed by atoms with Crippen LogP contribution >= 0.6 is 0 Å². The summed E-state index contributed by atoms with van der Waals surface area (Å²) >= 11 is 0. The van der Waals surface area contributed by atoms with Crippen molar-refractivity contribution >= 4 is 11.8 Å². The Morgan fingerprint density at radius 1 is 1.00 bits per heavy atom. The Morgan fingerprint density at radius 3 is 2.23 bits per heavy atom. The summed E-state index contributed by atoms with van der Waals surface area (Å²) in [7, 11) is 0. The van der Waals surface area contributed by atoms with E-state index in [4.69, 9.17) is 4.74 Å². The van der Waals surface area contributed by atoms with Gasteiger partial charge in [0.1, 0.15) is 5.92 Å². The molecule has 2 aromatic carbocycles. The zero-order valence-electron chi connectivity index (χ0n) is 12.9. The lowest BCUT2D eigenvalue weighted by Gasteiger charge is -2.15. The number of hydrogen-bond donors (Lipinski definition) is 0. The van der Waals surface area contributed by atoms with Crippen LogP contribution in [0.15, 0.2) is 54.6 Å². The van der Waals surface area contributed by atoms with Crippen molar-refractivity contribution in [3.63, 3.8) is 0 Å². The minimum Gasteiger partial charge on any atom is -0.465 e. The highest BCUT2D eigenvalue weighted by atomic mass is 16.5. The van der Waals surface area contributed by atoms with Crippen LogP contribution in [0.25, 0.3) is 0 Å². The molecule has 3 nitrogen and oxygen atoms in total. The lowest BCUT2D eigenvalue weighted by Crippen LogP contribution is -2.28. The van der Waals surface area contributed by atoms with Gasteiger partial charge in [-0.3, -0.25) is 9.59 Å². The maximum Gasteiger partial charge on any atom is 0.317 e. The zero-order chi connectivity index (χ0) is 15.9. The van der Waals surface area contributed by atoms with E-state index in [1.54, 1.807) is 19.1 Å². The monoisotopic (exact) mass is 296 g/mol. The van der Waals surface area contributed by atoms with Gasteiger partial charge in [0.05, 0.1) is 6.61 Å². The number of Topliss-reactive ketones (excluding diaryl/α,β-unsaturated/α-hetero) is 1. The maximum absolute atomic E-state index is 12.7. The summed E-state index contributed by atoms with van der Waals surface area (Å²) in [5.41, 5.74) is 2.56. The van der Waals surface area contributed by atoms with Crippen molar-refractivity contribution in [3.8, 4) is 0 Å². The lowest BCUT2D eigenvalue weighted by molar-refractivity contribution is -0.146. The number of ketones is 1. The molecule has 0 fully saturated rings. The van der Waals surface area contributed by atoms with Crippen LogP contribution < -0.4 is 0 Å². The zero-order valence-corrected chi connectivity index (χ0v) is 12.9. The van der Waals surface area contributed by atoms with E-state index in [1.807, 2.05) is 49.4 Å². The van der Waals surface area contributed by atoms with Gasteiger partial charge < -0.3 is 4.74 Å². The Morgan fingerprint density at radius 2 is 1.64 bits per heavy atom. The van der Waals surface area contributed by atoms with Crippen LogP contribution in [0.1, 0.15) is 28.4 Å². The van der Waals surface area contributed by atoms with Crippen LogP contribution in [0.5, 0.6) is 0 Å². The highest BCUT2D eigenvalue weighted by Crippen LogP contribution is 2.17. The van der Waals surface area contributed by atoms with E-state index in [1.165, 1.54) is 0 Å². The van der Waals surface area contributed by atoms with Crippen molar-refractivity contribution in [2.45, 2.75) is 20.3 Å². The van der Waals surface area contributed by atoms with Crippen molar-refractivity contribution in [1.29, 1.82) is 0 Å². The van der Waals surface area contributed by atoms with Crippen LogP contribution in [0.2, 0.25) is 0 Å². The molecular formula is C19H20O3. The number of hydrogen-bond acceptors (Lipinski definition) is 3. The molecule has 3 heteroatoms. The molecule has 1 unspecified atom stereocenters. The SMILES string of the molecule is CCOC(=O)C(Cc1ccccc1)C(=O)c1ccc(C)cc1. The van der Waals surface area contributed by atoms with E-state index < -0.39 is 11.9 Å². The Balaban J connectivity index is 2.25. The highest BCUT2D eigenvalue weighted by molar-refractivity contribution is 6.08. The van der Waals surface area contributed by atoms with Crippen molar-refractivity contribution in [2.75, 3.05) is 6.61 Å². The van der Waals surface area contributed by atoms with Gasteiger partial charge in [0.2, 0.25) is 0 Å². The molecule has 0 radical (unpaired) electrons. The standard InChI is InChI=1S/C19H20O3/c1-3-22-19(21)17(13-15-7-5-4-6-8-15)18(20)16-11-9-14(2)10-12-16/h4-12,17H,3,13H2,1-2H3. The minimum atomic E-state index is -0.801. The van der Waals surface area contributed by atoms with Gasteiger partial charge in [0.25, 0.3) is 0 Å². The number of carbonyl (C=O) groups excluding carboxylic acids is 2. The van der Waals surface area contributed by atoms with E-state index in [2.05, 4.69) is 0 Å². The molecule has 0 amide bonds. The van der Waals surface area contributed by atoms with Gasteiger partial charge in [0.15, 0.2) is 5.78 Å². The summed E-state index contributed by atoms with van der Waals surface area (Å²) in [6, 6.07) is 16.8. The second-order valence-electron chi connectivity index (χ2n) is 5.22. The molecular weight excluding hydrogens is 276 g/mol. The van der Waals surface area contributed by atoms with Gasteiger partial charge in [-0.1, -0.05) is 60.2 Å². The summed E-state index contributed by atoms with van der Waals surface area (Å²) in [4.78, 5) is 24.9. The molecule has 22 heavy (non-hydrogen) atoms. The fourth-order valence-corrected chi connectivity index (χ4v) is 2.29. The first kappa shape index (κ1) is 16.0. The third kappa shape index (κ3) is 4.04. The molecule has 2 aromatic rings. The average molecular weight is 296 g/mol. The number of esters is 1. The highest BCUT2D eigenvalue weighted by Gasteiger charge is 2.29. The summed E-state index contributed by atoms with van der Waals surface area (Å²) in [5, 5.41) is 0. The molecule has 0 N–H and O–H groups in total. The van der Waals surface area contributed by atoms with Gasteiger partial charge in [-0.15, -0.1) is 0 Å². The van der Waals surface area contributed by atoms with Crippen molar-refractivity contribution in [3.05, 3.63) is 71.3 Å². The smallest absolute Gasteiger partial charge is 0.317 e. The van der Waals surface area contributed by atoms with E-state index >= 15 is 0 Å². The summed E-state index contributed by atoms with van der Waals surface area (Å²) in [6.07, 6.45) is 0.354. The molecule has 1 atom stereocenters. The Hall–Kier alpha value is -2.42. The fourth-order valence-electron chi connectivity index (χ4n) is 2.29. The average Bonchev–Trinajstić information content (AvgIpc) is 2.54. The van der Waals surface area contributed by atoms with Crippen LogP contribution in [0, 0.1) is 12.8 Å². The van der Waals surface area contributed by atoms with E-state index in [-0.39, 0.29) is 12.4 Å². The Labute approximate surface area is 130 Å². The lowest BCUT2D eigenvalue weighted by atomic mass is 9.91. The molecule has 0 aliphatic rings. The number of carbonyl (C=O) groups is 2. The molecule has 0 aliphatic heterocycles. The molecule has 0 bridgehead atoms. The number of aryl methyl sites for hydroxylation is 1. The molecule has 2 rings (SSSR count). The van der Waals surface area contributed by atoms with Gasteiger partial charge in [-0.05, 0) is 25.8 Å². The summed E-state index contributed by atoms with van der Waals surface area (Å²) in [5.74, 6) is -1.45. The molecule has 0 spiro atoms. The van der Waals surface area contributed by atoms with Crippen LogP contribution in [-0.2, 0) is 16.0 Å². The second-order valence-corrected chi connectivity index (χ2v) is 5.22. The molecule has 0 aliphatic carbocycles. The third-order valence-electron chi connectivity index (χ3n) is 3.51. The maximum atomic E-state index is 12.7. The number of ether oxygens (including phenoxy) is 1. The number of rotatable bonds is 6. The van der Waals surface area contributed by atoms with E-state index in [0.717, 1.165) is 11.1 Å². The van der Waals surface area contributed by atoms with Crippen molar-refractivity contribution in [2.24, 2.45) is 5.92 Å². The van der Waals surface area contributed by atoms with E-state index in [9.17, 15) is 9.59 Å². The predicted molar refractivity (Wildman–Crippen MR) is 85.8 cm³/mol. The molecule has 0 saturated carbocycles. The first-order valence-electron chi connectivity index (χ1n) is 7.43. The first-order valence-corrected chi connectivity index (χ1v) is 7.43. The van der Waals surface area contributed by atoms with Crippen molar-refractivity contribution in [1.82, 2.24) is 0 Å². The van der Waals surface area contributed by atoms with Crippen molar-refractivity contribution < 1.29 is 14.3 Å². The van der Waals surface area contributed by atoms with Gasteiger partial charge in [0, 0.05) is 5.56 Å². The van der Waals surface area contributed by atoms with E-state index in [0.29, 0.717) is 12.0 Å². The van der Waals surface area contributed by atoms with Crippen LogP contribution in [0.3, 0.4) is 0 Å². The van der Waals surface area contributed by atoms with Gasteiger partial charge >= 0.3 is 5.97 Å². The molecule has 114 valence electrons. The predicted octanol–water partition coefficient (Wildman–Crippen LogP) is 3.60. The molecule has 0 aromatic heterocycles. The molecule has 0 saturated heterocycles. The summed E-state index contributed by atoms with van der Waals surface area (Å²) < 4.78 is 5.08. The quantitative estimate of drug-likeness (QED) is 0.465. The van der Waals surface area contributed by atoms with Gasteiger partial charge in [-0.2, -0.15) is 0 Å². The van der Waals surface area contributed by atoms with Crippen LogP contribution in [0.4, 0.5) is 0 Å². The third-order valence-corrected chi connectivity index (χ3v) is 3.51. The van der Waals surface area contributed by atoms with Crippen LogP contribution in [-0.4, -0.2) is 18.4 Å².